The van der Waals surface area contributed by atoms with Crippen LogP contribution in [0.4, 0.5) is 0 Å². The van der Waals surface area contributed by atoms with E-state index in [-0.39, 0.29) is 11.1 Å². The van der Waals surface area contributed by atoms with Crippen molar-refractivity contribution in [1.29, 1.82) is 0 Å². The summed E-state index contributed by atoms with van der Waals surface area (Å²) in [6.07, 6.45) is 3.29. The van der Waals surface area contributed by atoms with E-state index < -0.39 is 0 Å². The summed E-state index contributed by atoms with van der Waals surface area (Å²) < 4.78 is 0. The molecule has 0 aromatic carbocycles. The molecule has 0 amide bonds. The number of thioether (sulfide) groups is 1. The van der Waals surface area contributed by atoms with Crippen LogP contribution in [0.2, 0.25) is 0 Å². The summed E-state index contributed by atoms with van der Waals surface area (Å²) in [4.78, 5) is 7.99. The van der Waals surface area contributed by atoms with Crippen LogP contribution in [0.5, 0.6) is 0 Å². The Hall–Kier alpha value is -1.30. The maximum Gasteiger partial charge on any atom is 0.188 e. The maximum absolute atomic E-state index is 8.39. The van der Waals surface area contributed by atoms with Crippen LogP contribution in [-0.2, 0) is 0 Å². The third-order valence-corrected chi connectivity index (χ3v) is 2.37. The Morgan fingerprint density at radius 1 is 1.62 bits per heavy atom. The molecular formula is C7H10N4OS. The Morgan fingerprint density at radius 2 is 2.23 bits per heavy atom. The Kier molecular flexibility index (Phi) is 3.51. The quantitative estimate of drug-likeness (QED) is 0.186. The van der Waals surface area contributed by atoms with Gasteiger partial charge in [-0.05, 0) is 13.0 Å². The second-order valence-corrected chi connectivity index (χ2v) is 3.62. The summed E-state index contributed by atoms with van der Waals surface area (Å²) in [5, 5.41) is 11.8. The van der Waals surface area contributed by atoms with Crippen molar-refractivity contribution >= 4 is 17.6 Å². The van der Waals surface area contributed by atoms with E-state index in [0.717, 1.165) is 0 Å². The van der Waals surface area contributed by atoms with E-state index in [1.807, 2.05) is 6.92 Å². The average molecular weight is 198 g/mol. The minimum absolute atomic E-state index is 0.132. The highest BCUT2D eigenvalue weighted by Crippen LogP contribution is 2.17. The average Bonchev–Trinajstić information content (AvgIpc) is 2.18. The molecule has 1 heterocycles. The third kappa shape index (κ3) is 2.90. The summed E-state index contributed by atoms with van der Waals surface area (Å²) >= 11 is 1.34. The van der Waals surface area contributed by atoms with E-state index in [0.29, 0.717) is 5.16 Å². The van der Waals surface area contributed by atoms with E-state index in [1.165, 1.54) is 11.8 Å². The molecule has 70 valence electrons. The molecule has 0 bridgehead atoms. The molecule has 5 nitrogen and oxygen atoms in total. The predicted molar refractivity (Wildman–Crippen MR) is 50.8 cm³/mol. The van der Waals surface area contributed by atoms with Gasteiger partial charge < -0.3 is 10.9 Å². The molecule has 0 saturated carbocycles. The van der Waals surface area contributed by atoms with Crippen LogP contribution in [0, 0.1) is 0 Å². The van der Waals surface area contributed by atoms with Gasteiger partial charge in [0.15, 0.2) is 11.0 Å². The van der Waals surface area contributed by atoms with E-state index in [4.69, 9.17) is 10.9 Å². The standard InChI is InChI=1S/C7H10N4OS/c1-5(6(8)11-12)13-7-9-3-2-4-10-7/h2-5,12H,1H3,(H2,8,11). The van der Waals surface area contributed by atoms with Crippen molar-refractivity contribution in [2.75, 3.05) is 0 Å². The number of hydrogen-bond donors (Lipinski definition) is 2. The number of amidine groups is 1. The van der Waals surface area contributed by atoms with Gasteiger partial charge in [0.1, 0.15) is 0 Å². The van der Waals surface area contributed by atoms with Crippen LogP contribution in [0.15, 0.2) is 28.8 Å². The Bertz CT molecular complexity index is 290. The van der Waals surface area contributed by atoms with Crippen LogP contribution in [0.25, 0.3) is 0 Å². The summed E-state index contributed by atoms with van der Waals surface area (Å²) in [5.41, 5.74) is 5.39. The van der Waals surface area contributed by atoms with Gasteiger partial charge >= 0.3 is 0 Å². The van der Waals surface area contributed by atoms with Crippen LogP contribution in [-0.4, -0.2) is 26.3 Å². The molecule has 0 radical (unpaired) electrons. The zero-order valence-corrected chi connectivity index (χ0v) is 7.90. The van der Waals surface area contributed by atoms with Crippen molar-refractivity contribution < 1.29 is 5.21 Å². The zero-order valence-electron chi connectivity index (χ0n) is 7.08. The highest BCUT2D eigenvalue weighted by molar-refractivity contribution is 8.00. The Balaban J connectivity index is 2.60. The molecule has 13 heavy (non-hydrogen) atoms. The molecule has 0 spiro atoms. The van der Waals surface area contributed by atoms with Crippen LogP contribution in [0.3, 0.4) is 0 Å². The minimum Gasteiger partial charge on any atom is -0.409 e. The SMILES string of the molecule is CC(Sc1ncccn1)/C(N)=N/O. The molecule has 0 fully saturated rings. The predicted octanol–water partition coefficient (Wildman–Crippen LogP) is 0.704. The molecule has 0 aliphatic heterocycles. The number of oxime groups is 1. The fraction of sp³-hybridized carbons (Fsp3) is 0.286. The lowest BCUT2D eigenvalue weighted by Crippen LogP contribution is -2.23. The molecule has 1 unspecified atom stereocenters. The molecular weight excluding hydrogens is 188 g/mol. The first kappa shape index (κ1) is 9.79. The molecule has 0 aliphatic carbocycles. The normalized spacial score (nSPS) is 14.1. The molecule has 3 N–H and O–H groups in total. The van der Waals surface area contributed by atoms with Gasteiger partial charge in [-0.3, -0.25) is 0 Å². The van der Waals surface area contributed by atoms with Crippen molar-refractivity contribution in [3.8, 4) is 0 Å². The van der Waals surface area contributed by atoms with Crippen LogP contribution in [0.1, 0.15) is 6.92 Å². The fourth-order valence-corrected chi connectivity index (χ4v) is 1.37. The largest absolute Gasteiger partial charge is 0.409 e. The molecule has 6 heteroatoms. The summed E-state index contributed by atoms with van der Waals surface area (Å²) in [7, 11) is 0. The summed E-state index contributed by atoms with van der Waals surface area (Å²) in [6.45, 7) is 1.82. The summed E-state index contributed by atoms with van der Waals surface area (Å²) in [5.74, 6) is 0.164. The molecule has 1 rings (SSSR count). The van der Waals surface area contributed by atoms with Gasteiger partial charge in [-0.2, -0.15) is 0 Å². The van der Waals surface area contributed by atoms with Crippen molar-refractivity contribution in [3.05, 3.63) is 18.5 Å². The van der Waals surface area contributed by atoms with Crippen molar-refractivity contribution in [2.24, 2.45) is 10.9 Å². The zero-order chi connectivity index (χ0) is 9.68. The molecule has 1 aromatic heterocycles. The van der Waals surface area contributed by atoms with Gasteiger partial charge in [-0.25, -0.2) is 9.97 Å². The number of nitrogens with two attached hydrogens (primary N) is 1. The smallest absolute Gasteiger partial charge is 0.188 e. The highest BCUT2D eigenvalue weighted by Gasteiger charge is 2.10. The first-order valence-electron chi connectivity index (χ1n) is 3.65. The van der Waals surface area contributed by atoms with Crippen molar-refractivity contribution in [2.45, 2.75) is 17.3 Å². The monoisotopic (exact) mass is 198 g/mol. The molecule has 0 saturated heterocycles. The maximum atomic E-state index is 8.39. The van der Waals surface area contributed by atoms with Crippen LogP contribution < -0.4 is 5.73 Å². The lowest BCUT2D eigenvalue weighted by atomic mass is 10.4. The van der Waals surface area contributed by atoms with Gasteiger partial charge in [0.25, 0.3) is 0 Å². The topological polar surface area (TPSA) is 84.4 Å². The van der Waals surface area contributed by atoms with E-state index in [2.05, 4.69) is 15.1 Å². The number of rotatable bonds is 3. The lowest BCUT2D eigenvalue weighted by Gasteiger charge is -2.06. The van der Waals surface area contributed by atoms with Gasteiger partial charge in [-0.15, -0.1) is 0 Å². The lowest BCUT2D eigenvalue weighted by molar-refractivity contribution is 0.317. The third-order valence-electron chi connectivity index (χ3n) is 1.36. The number of aromatic nitrogens is 2. The molecule has 1 atom stereocenters. The van der Waals surface area contributed by atoms with Gasteiger partial charge in [0.05, 0.1) is 5.25 Å². The summed E-state index contributed by atoms with van der Waals surface area (Å²) in [6, 6.07) is 1.73. The van der Waals surface area contributed by atoms with Gasteiger partial charge in [0, 0.05) is 12.4 Å². The minimum atomic E-state index is -0.132. The molecule has 0 aliphatic rings. The van der Waals surface area contributed by atoms with E-state index in [9.17, 15) is 0 Å². The van der Waals surface area contributed by atoms with E-state index in [1.54, 1.807) is 18.5 Å². The fourth-order valence-electron chi connectivity index (χ4n) is 0.646. The van der Waals surface area contributed by atoms with Crippen molar-refractivity contribution in [1.82, 2.24) is 9.97 Å². The van der Waals surface area contributed by atoms with E-state index >= 15 is 0 Å². The number of hydrogen-bond acceptors (Lipinski definition) is 5. The first-order chi connectivity index (χ1) is 6.24. The Labute approximate surface area is 80.1 Å². The van der Waals surface area contributed by atoms with Gasteiger partial charge in [0.2, 0.25) is 0 Å². The number of nitrogens with zero attached hydrogens (tertiary/aromatic N) is 3. The second-order valence-electron chi connectivity index (χ2n) is 2.32. The second kappa shape index (κ2) is 4.66. The van der Waals surface area contributed by atoms with Crippen LogP contribution >= 0.6 is 11.8 Å². The highest BCUT2D eigenvalue weighted by atomic mass is 32.2. The first-order valence-corrected chi connectivity index (χ1v) is 4.53. The Morgan fingerprint density at radius 3 is 2.77 bits per heavy atom. The van der Waals surface area contributed by atoms with Gasteiger partial charge in [-0.1, -0.05) is 16.9 Å². The molecule has 1 aromatic rings. The van der Waals surface area contributed by atoms with Crippen molar-refractivity contribution in [3.63, 3.8) is 0 Å².